The van der Waals surface area contributed by atoms with Crippen LogP contribution in [-0.4, -0.2) is 17.5 Å². The minimum absolute atomic E-state index is 0.0888. The van der Waals surface area contributed by atoms with E-state index in [9.17, 15) is 4.79 Å². The van der Waals surface area contributed by atoms with Crippen molar-refractivity contribution in [2.75, 3.05) is 10.2 Å². The van der Waals surface area contributed by atoms with E-state index in [1.807, 2.05) is 50.8 Å². The standard InChI is InChI=1S/C14H21N3O/c1-9(2)17-12-10(8-15)6-5-7-11(12)16-14(3,4)13(17)18/h5-7,9,16H,8,15H2,1-4H3. The largest absolute Gasteiger partial charge is 0.370 e. The number of nitrogens with one attached hydrogen (secondary N) is 1. The van der Waals surface area contributed by atoms with Gasteiger partial charge in [-0.2, -0.15) is 0 Å². The predicted molar refractivity (Wildman–Crippen MR) is 74.7 cm³/mol. The highest BCUT2D eigenvalue weighted by atomic mass is 16.2. The molecule has 4 heteroatoms. The molecule has 0 saturated carbocycles. The Balaban J connectivity index is 2.64. The smallest absolute Gasteiger partial charge is 0.252 e. The quantitative estimate of drug-likeness (QED) is 0.841. The molecular formula is C14H21N3O. The second-order valence-electron chi connectivity index (χ2n) is 5.54. The van der Waals surface area contributed by atoms with Crippen LogP contribution in [0.2, 0.25) is 0 Å². The minimum Gasteiger partial charge on any atom is -0.370 e. The van der Waals surface area contributed by atoms with Crippen molar-refractivity contribution in [3.05, 3.63) is 23.8 Å². The highest BCUT2D eigenvalue weighted by Crippen LogP contribution is 2.38. The van der Waals surface area contributed by atoms with E-state index in [0.717, 1.165) is 16.9 Å². The van der Waals surface area contributed by atoms with E-state index < -0.39 is 5.54 Å². The first kappa shape index (κ1) is 12.9. The van der Waals surface area contributed by atoms with Crippen molar-refractivity contribution >= 4 is 17.3 Å². The van der Waals surface area contributed by atoms with Gasteiger partial charge in [-0.15, -0.1) is 0 Å². The third-order valence-electron chi connectivity index (χ3n) is 3.30. The highest BCUT2D eigenvalue weighted by molar-refractivity contribution is 6.08. The SMILES string of the molecule is CC(C)N1C(=O)C(C)(C)Nc2cccc(CN)c21. The number of hydrogen-bond acceptors (Lipinski definition) is 3. The van der Waals surface area contributed by atoms with Crippen LogP contribution in [0.25, 0.3) is 0 Å². The van der Waals surface area contributed by atoms with Gasteiger partial charge in [-0.1, -0.05) is 12.1 Å². The molecule has 0 fully saturated rings. The molecule has 1 aromatic rings. The number of para-hydroxylation sites is 1. The molecule has 1 amide bonds. The molecule has 0 spiro atoms. The van der Waals surface area contributed by atoms with Gasteiger partial charge >= 0.3 is 0 Å². The van der Waals surface area contributed by atoms with E-state index in [0.29, 0.717) is 6.54 Å². The van der Waals surface area contributed by atoms with Gasteiger partial charge in [-0.3, -0.25) is 4.79 Å². The lowest BCUT2D eigenvalue weighted by atomic mass is 9.95. The van der Waals surface area contributed by atoms with E-state index in [1.54, 1.807) is 0 Å². The molecule has 0 aromatic heterocycles. The topological polar surface area (TPSA) is 58.4 Å². The number of benzene rings is 1. The molecule has 0 radical (unpaired) electrons. The minimum atomic E-state index is -0.579. The Hall–Kier alpha value is -1.55. The van der Waals surface area contributed by atoms with Crippen LogP contribution in [0.15, 0.2) is 18.2 Å². The number of nitrogens with zero attached hydrogens (tertiary/aromatic N) is 1. The van der Waals surface area contributed by atoms with Gasteiger partial charge in [0.05, 0.1) is 11.4 Å². The van der Waals surface area contributed by atoms with Crippen LogP contribution in [0.1, 0.15) is 33.3 Å². The van der Waals surface area contributed by atoms with Crippen LogP contribution in [0.4, 0.5) is 11.4 Å². The normalized spacial score (nSPS) is 17.7. The molecule has 0 saturated heterocycles. The lowest BCUT2D eigenvalue weighted by Crippen LogP contribution is -2.56. The third-order valence-corrected chi connectivity index (χ3v) is 3.30. The first-order chi connectivity index (χ1) is 8.38. The van der Waals surface area contributed by atoms with Crippen molar-refractivity contribution in [2.24, 2.45) is 5.73 Å². The van der Waals surface area contributed by atoms with Gasteiger partial charge in [0.1, 0.15) is 5.54 Å². The average molecular weight is 247 g/mol. The maximum atomic E-state index is 12.5. The Morgan fingerprint density at radius 2 is 2.06 bits per heavy atom. The predicted octanol–water partition coefficient (Wildman–Crippen LogP) is 2.09. The summed E-state index contributed by atoms with van der Waals surface area (Å²) in [6, 6.07) is 6.06. The molecule has 98 valence electrons. The number of hydrogen-bond donors (Lipinski definition) is 2. The van der Waals surface area contributed by atoms with E-state index in [1.165, 1.54) is 0 Å². The molecule has 0 bridgehead atoms. The second kappa shape index (κ2) is 4.28. The van der Waals surface area contributed by atoms with Crippen LogP contribution in [0.5, 0.6) is 0 Å². The summed E-state index contributed by atoms with van der Waals surface area (Å²) >= 11 is 0. The second-order valence-corrected chi connectivity index (χ2v) is 5.54. The molecule has 4 nitrogen and oxygen atoms in total. The fourth-order valence-corrected chi connectivity index (χ4v) is 2.43. The molecule has 3 N–H and O–H groups in total. The maximum absolute atomic E-state index is 12.5. The number of amides is 1. The molecule has 1 aliphatic heterocycles. The van der Waals surface area contributed by atoms with Crippen LogP contribution in [-0.2, 0) is 11.3 Å². The van der Waals surface area contributed by atoms with Gasteiger partial charge < -0.3 is 16.0 Å². The summed E-state index contributed by atoms with van der Waals surface area (Å²) in [6.45, 7) is 8.29. The Labute approximate surface area is 108 Å². The number of carbonyl (C=O) groups excluding carboxylic acids is 1. The van der Waals surface area contributed by atoms with Gasteiger partial charge in [-0.25, -0.2) is 0 Å². The maximum Gasteiger partial charge on any atom is 0.252 e. The fraction of sp³-hybridized carbons (Fsp3) is 0.500. The van der Waals surface area contributed by atoms with Crippen molar-refractivity contribution in [3.8, 4) is 0 Å². The number of carbonyl (C=O) groups is 1. The van der Waals surface area contributed by atoms with Crippen molar-refractivity contribution in [2.45, 2.75) is 45.8 Å². The molecule has 0 atom stereocenters. The summed E-state index contributed by atoms with van der Waals surface area (Å²) in [5, 5.41) is 3.30. The summed E-state index contributed by atoms with van der Waals surface area (Å²) in [4.78, 5) is 14.4. The lowest BCUT2D eigenvalue weighted by Gasteiger charge is -2.42. The Bertz CT molecular complexity index is 480. The van der Waals surface area contributed by atoms with Crippen molar-refractivity contribution in [1.29, 1.82) is 0 Å². The van der Waals surface area contributed by atoms with Crippen LogP contribution < -0.4 is 16.0 Å². The number of nitrogens with two attached hydrogens (primary N) is 1. The zero-order valence-corrected chi connectivity index (χ0v) is 11.4. The molecule has 0 unspecified atom stereocenters. The van der Waals surface area contributed by atoms with Crippen molar-refractivity contribution in [3.63, 3.8) is 0 Å². The number of rotatable bonds is 2. The summed E-state index contributed by atoms with van der Waals surface area (Å²) in [7, 11) is 0. The highest BCUT2D eigenvalue weighted by Gasteiger charge is 2.40. The van der Waals surface area contributed by atoms with Crippen LogP contribution >= 0.6 is 0 Å². The summed E-state index contributed by atoms with van der Waals surface area (Å²) in [6.07, 6.45) is 0. The molecule has 18 heavy (non-hydrogen) atoms. The average Bonchev–Trinajstić information content (AvgIpc) is 2.29. The summed E-state index contributed by atoms with van der Waals surface area (Å²) in [5.41, 5.74) is 8.11. The van der Waals surface area contributed by atoms with Crippen molar-refractivity contribution in [1.82, 2.24) is 0 Å². The van der Waals surface area contributed by atoms with E-state index in [-0.39, 0.29) is 11.9 Å². The number of anilines is 2. The molecule has 0 aliphatic carbocycles. The van der Waals surface area contributed by atoms with Gasteiger partial charge in [0.25, 0.3) is 5.91 Å². The monoisotopic (exact) mass is 247 g/mol. The lowest BCUT2D eigenvalue weighted by molar-refractivity contribution is -0.122. The molecule has 2 rings (SSSR count). The Kier molecular flexibility index (Phi) is 3.07. The van der Waals surface area contributed by atoms with E-state index >= 15 is 0 Å². The van der Waals surface area contributed by atoms with Crippen molar-refractivity contribution < 1.29 is 4.79 Å². The first-order valence-electron chi connectivity index (χ1n) is 6.32. The fourth-order valence-electron chi connectivity index (χ4n) is 2.43. The van der Waals surface area contributed by atoms with Crippen LogP contribution in [0, 0.1) is 0 Å². The zero-order valence-electron chi connectivity index (χ0n) is 11.4. The van der Waals surface area contributed by atoms with Gasteiger partial charge in [-0.05, 0) is 39.3 Å². The Morgan fingerprint density at radius 3 is 2.61 bits per heavy atom. The summed E-state index contributed by atoms with van der Waals surface area (Å²) in [5.74, 6) is 0.0888. The van der Waals surface area contributed by atoms with E-state index in [4.69, 9.17) is 5.73 Å². The number of fused-ring (bicyclic) bond motifs is 1. The Morgan fingerprint density at radius 1 is 1.39 bits per heavy atom. The van der Waals surface area contributed by atoms with Gasteiger partial charge in [0, 0.05) is 12.6 Å². The van der Waals surface area contributed by atoms with Crippen LogP contribution in [0.3, 0.4) is 0 Å². The molecule has 1 aliphatic rings. The zero-order chi connectivity index (χ0) is 13.5. The summed E-state index contributed by atoms with van der Waals surface area (Å²) < 4.78 is 0. The third kappa shape index (κ3) is 1.86. The molecule has 1 heterocycles. The first-order valence-corrected chi connectivity index (χ1v) is 6.32. The van der Waals surface area contributed by atoms with Gasteiger partial charge in [0.2, 0.25) is 0 Å². The van der Waals surface area contributed by atoms with E-state index in [2.05, 4.69) is 5.32 Å². The molecule has 1 aromatic carbocycles. The molecular weight excluding hydrogens is 226 g/mol. The van der Waals surface area contributed by atoms with Gasteiger partial charge in [0.15, 0.2) is 0 Å².